The van der Waals surface area contributed by atoms with Gasteiger partial charge in [0.2, 0.25) is 0 Å². The maximum absolute atomic E-state index is 13.2. The van der Waals surface area contributed by atoms with Crippen LogP contribution in [0.2, 0.25) is 25.7 Å². The van der Waals surface area contributed by atoms with Crippen LogP contribution in [0.5, 0.6) is 5.75 Å². The Morgan fingerprint density at radius 2 is 1.82 bits per heavy atom. The van der Waals surface area contributed by atoms with Crippen molar-refractivity contribution >= 4 is 30.9 Å². The van der Waals surface area contributed by atoms with Gasteiger partial charge in [0.25, 0.3) is 0 Å². The molecule has 0 unspecified atom stereocenters. The summed E-state index contributed by atoms with van der Waals surface area (Å²) in [7, 11) is 3.19. The lowest BCUT2D eigenvalue weighted by Crippen LogP contribution is -2.42. The highest BCUT2D eigenvalue weighted by molar-refractivity contribution is 6.76. The lowest BCUT2D eigenvalue weighted by atomic mass is 9.88. The van der Waals surface area contributed by atoms with Crippen LogP contribution < -0.4 is 4.74 Å². The van der Waals surface area contributed by atoms with Crippen LogP contribution in [-0.2, 0) is 35.8 Å². The number of carbonyl (C=O) groups is 2. The van der Waals surface area contributed by atoms with Crippen LogP contribution in [-0.4, -0.2) is 72.4 Å². The third-order valence-corrected chi connectivity index (χ3v) is 9.08. The third-order valence-electron chi connectivity index (χ3n) is 7.38. The van der Waals surface area contributed by atoms with E-state index in [1.54, 1.807) is 14.2 Å². The summed E-state index contributed by atoms with van der Waals surface area (Å²) in [6.45, 7) is 9.34. The van der Waals surface area contributed by atoms with E-state index in [1.807, 2.05) is 12.1 Å². The normalized spacial score (nSPS) is 19.4. The minimum absolute atomic E-state index is 0.00925. The van der Waals surface area contributed by atoms with Gasteiger partial charge in [0, 0.05) is 21.6 Å². The van der Waals surface area contributed by atoms with Crippen molar-refractivity contribution in [2.75, 3.05) is 41.3 Å². The Morgan fingerprint density at radius 1 is 1.05 bits per heavy atom. The molecular weight excluding hydrogens is 514 g/mol. The summed E-state index contributed by atoms with van der Waals surface area (Å²) in [5, 5.41) is 2.09. The van der Waals surface area contributed by atoms with Crippen LogP contribution in [0, 0.1) is 0 Å². The molecule has 0 saturated carbocycles. The van der Waals surface area contributed by atoms with Crippen LogP contribution in [0.4, 0.5) is 4.79 Å². The molecule has 0 N–H and O–H groups in total. The number of benzene rings is 2. The van der Waals surface area contributed by atoms with Crippen molar-refractivity contribution in [3.05, 3.63) is 41.5 Å². The minimum atomic E-state index is -1.39. The number of fused-ring (bicyclic) bond motifs is 1. The van der Waals surface area contributed by atoms with Crippen LogP contribution in [0.15, 0.2) is 30.3 Å². The van der Waals surface area contributed by atoms with Gasteiger partial charge >= 0.3 is 12.1 Å². The smallest absolute Gasteiger partial charge is 0.410 e. The number of rotatable bonds is 13. The third kappa shape index (κ3) is 7.74. The SMILES string of the molecule is CCCCCc1cc2cc([C@]3(OCOC)C[C@@H](C(=O)OC)N(C(=O)OCC[Si](C)(C)C)C3)ccc2cc1OC. The quantitative estimate of drug-likeness (QED) is 0.127. The molecule has 2 aromatic rings. The standard InChI is InChI=1S/C30H45NO7Si/c1-8-9-10-11-23-16-24-17-25(13-12-22(24)18-27(23)35-3)30(38-21-34-2)19-26(28(32)36-4)31(20-30)29(33)37-14-15-39(5,6)7/h12-13,16-18,26H,8-11,14-15,19-21H2,1-7H3/t26-,30-/m0/s1. The zero-order valence-corrected chi connectivity index (χ0v) is 25.6. The number of likely N-dealkylation sites (tertiary alicyclic amines) is 1. The lowest BCUT2D eigenvalue weighted by Gasteiger charge is -2.30. The van der Waals surface area contributed by atoms with Gasteiger partial charge in [-0.1, -0.05) is 51.5 Å². The summed E-state index contributed by atoms with van der Waals surface area (Å²) in [5.74, 6) is 0.388. The van der Waals surface area contributed by atoms with E-state index in [1.165, 1.54) is 12.0 Å². The van der Waals surface area contributed by atoms with Crippen molar-refractivity contribution in [2.45, 2.75) is 76.4 Å². The second kappa shape index (κ2) is 13.6. The Morgan fingerprint density at radius 3 is 2.46 bits per heavy atom. The molecule has 216 valence electrons. The molecule has 1 amide bonds. The molecule has 8 nitrogen and oxygen atoms in total. The topological polar surface area (TPSA) is 83.5 Å². The zero-order chi connectivity index (χ0) is 28.6. The number of ether oxygens (including phenoxy) is 5. The maximum atomic E-state index is 13.2. The first-order valence-electron chi connectivity index (χ1n) is 13.8. The fourth-order valence-corrected chi connectivity index (χ4v) is 5.78. The summed E-state index contributed by atoms with van der Waals surface area (Å²) in [6, 6.07) is 10.4. The fourth-order valence-electron chi connectivity index (χ4n) is 5.07. The summed E-state index contributed by atoms with van der Waals surface area (Å²) < 4.78 is 28.0. The molecule has 2 aromatic carbocycles. The minimum Gasteiger partial charge on any atom is -0.496 e. The highest BCUT2D eigenvalue weighted by Crippen LogP contribution is 2.42. The molecule has 2 atom stereocenters. The summed E-state index contributed by atoms with van der Waals surface area (Å²) in [6.07, 6.45) is 4.04. The van der Waals surface area contributed by atoms with E-state index in [2.05, 4.69) is 44.8 Å². The van der Waals surface area contributed by atoms with Gasteiger partial charge in [-0.05, 0) is 59.0 Å². The lowest BCUT2D eigenvalue weighted by molar-refractivity contribution is -0.147. The van der Waals surface area contributed by atoms with Gasteiger partial charge < -0.3 is 23.7 Å². The molecule has 0 aromatic heterocycles. The molecule has 1 fully saturated rings. The van der Waals surface area contributed by atoms with Crippen LogP contribution in [0.25, 0.3) is 10.8 Å². The van der Waals surface area contributed by atoms with Gasteiger partial charge in [0.15, 0.2) is 0 Å². The molecule has 1 heterocycles. The van der Waals surface area contributed by atoms with Gasteiger partial charge in [-0.25, -0.2) is 9.59 Å². The predicted octanol–water partition coefficient (Wildman–Crippen LogP) is 6.12. The van der Waals surface area contributed by atoms with E-state index < -0.39 is 31.8 Å². The highest BCUT2D eigenvalue weighted by Gasteiger charge is 2.52. The Balaban J connectivity index is 1.99. The molecule has 1 aliphatic heterocycles. The van der Waals surface area contributed by atoms with Gasteiger partial charge in [0.1, 0.15) is 24.2 Å². The number of nitrogens with zero attached hydrogens (tertiary/aromatic N) is 1. The van der Waals surface area contributed by atoms with E-state index in [0.717, 1.165) is 59.4 Å². The maximum Gasteiger partial charge on any atom is 0.410 e. The van der Waals surface area contributed by atoms with E-state index in [4.69, 9.17) is 23.7 Å². The Kier molecular flexibility index (Phi) is 10.8. The number of carbonyl (C=O) groups excluding carboxylic acids is 2. The average Bonchev–Trinajstić information content (AvgIpc) is 3.31. The number of amides is 1. The second-order valence-electron chi connectivity index (χ2n) is 11.5. The molecule has 0 aliphatic carbocycles. The van der Waals surface area contributed by atoms with E-state index in [-0.39, 0.29) is 19.8 Å². The number of aryl methyl sites for hydroxylation is 1. The van der Waals surface area contributed by atoms with E-state index in [9.17, 15) is 9.59 Å². The van der Waals surface area contributed by atoms with E-state index in [0.29, 0.717) is 6.61 Å². The fraction of sp³-hybridized carbons (Fsp3) is 0.600. The zero-order valence-electron chi connectivity index (χ0n) is 24.6. The second-order valence-corrected chi connectivity index (χ2v) is 17.1. The molecule has 1 aliphatic rings. The van der Waals surface area contributed by atoms with Gasteiger partial charge in [-0.15, -0.1) is 0 Å². The molecule has 0 radical (unpaired) electrons. The predicted molar refractivity (Wildman–Crippen MR) is 155 cm³/mol. The molecule has 9 heteroatoms. The molecule has 3 rings (SSSR count). The van der Waals surface area contributed by atoms with Crippen molar-refractivity contribution < 1.29 is 33.3 Å². The molecule has 0 bridgehead atoms. The van der Waals surface area contributed by atoms with Crippen LogP contribution in [0.3, 0.4) is 0 Å². The molecule has 39 heavy (non-hydrogen) atoms. The number of unbranched alkanes of at least 4 members (excludes halogenated alkanes) is 2. The largest absolute Gasteiger partial charge is 0.496 e. The number of hydrogen-bond acceptors (Lipinski definition) is 7. The van der Waals surface area contributed by atoms with Gasteiger partial charge in [-0.3, -0.25) is 4.90 Å². The van der Waals surface area contributed by atoms with Crippen molar-refractivity contribution in [3.63, 3.8) is 0 Å². The summed E-state index contributed by atoms with van der Waals surface area (Å²) >= 11 is 0. The van der Waals surface area contributed by atoms with Crippen molar-refractivity contribution in [3.8, 4) is 5.75 Å². The summed E-state index contributed by atoms with van der Waals surface area (Å²) in [5.41, 5.74) is 1.06. The van der Waals surface area contributed by atoms with Gasteiger partial charge in [0.05, 0.1) is 27.4 Å². The summed E-state index contributed by atoms with van der Waals surface area (Å²) in [4.78, 5) is 27.5. The molecular formula is C30H45NO7Si. The first kappa shape index (κ1) is 30.9. The molecule has 1 saturated heterocycles. The Labute approximate surface area is 233 Å². The average molecular weight is 560 g/mol. The Bertz CT molecular complexity index is 1130. The highest BCUT2D eigenvalue weighted by atomic mass is 28.3. The number of esters is 1. The Hall–Kier alpha value is -2.62. The van der Waals surface area contributed by atoms with E-state index >= 15 is 0 Å². The number of hydrogen-bond donors (Lipinski definition) is 0. The molecule has 0 spiro atoms. The van der Waals surface area contributed by atoms with Crippen LogP contribution >= 0.6 is 0 Å². The van der Waals surface area contributed by atoms with Crippen molar-refractivity contribution in [1.82, 2.24) is 4.90 Å². The monoisotopic (exact) mass is 559 g/mol. The first-order chi connectivity index (χ1) is 18.6. The van der Waals surface area contributed by atoms with Crippen molar-refractivity contribution in [1.29, 1.82) is 0 Å². The van der Waals surface area contributed by atoms with Crippen LogP contribution in [0.1, 0.15) is 43.7 Å². The van der Waals surface area contributed by atoms with Gasteiger partial charge in [-0.2, -0.15) is 0 Å². The first-order valence-corrected chi connectivity index (χ1v) is 17.5. The number of methoxy groups -OCH3 is 3. The van der Waals surface area contributed by atoms with Crippen molar-refractivity contribution in [2.24, 2.45) is 0 Å².